The van der Waals surface area contributed by atoms with E-state index < -0.39 is 40.2 Å². The number of alkyl halides is 2. The predicted octanol–water partition coefficient (Wildman–Crippen LogP) is 3.29. The minimum absolute atomic E-state index is 0.111. The first-order valence-corrected chi connectivity index (χ1v) is 8.98. The molecule has 0 aromatic heterocycles. The van der Waals surface area contributed by atoms with Gasteiger partial charge in [-0.3, -0.25) is 0 Å². The molecule has 0 aliphatic carbocycles. The fraction of sp³-hybridized carbons (Fsp3) is 0.562. The summed E-state index contributed by atoms with van der Waals surface area (Å²) in [5.41, 5.74) is -2.96. The van der Waals surface area contributed by atoms with Crippen LogP contribution >= 0.6 is 0 Å². The molecule has 0 fully saturated rings. The van der Waals surface area contributed by atoms with Gasteiger partial charge in [0.15, 0.2) is 5.54 Å². The molecular weight excluding hydrogens is 343 g/mol. The quantitative estimate of drug-likeness (QED) is 0.539. The van der Waals surface area contributed by atoms with Gasteiger partial charge in [0.1, 0.15) is 11.6 Å². The Morgan fingerprint density at radius 2 is 1.96 bits per heavy atom. The van der Waals surface area contributed by atoms with Crippen LogP contribution in [0.25, 0.3) is 0 Å². The smallest absolute Gasteiger partial charge is 0.379 e. The van der Waals surface area contributed by atoms with Crippen molar-refractivity contribution >= 4 is 17.3 Å². The first kappa shape index (κ1) is 20.8. The second-order valence-electron chi connectivity index (χ2n) is 5.40. The Bertz CT molecular complexity index is 559. The number of halogens is 3. The van der Waals surface area contributed by atoms with Crippen LogP contribution in [0.1, 0.15) is 39.2 Å². The largest absolute Gasteiger partial charge is 0.598 e. The fourth-order valence-electron chi connectivity index (χ4n) is 2.13. The van der Waals surface area contributed by atoms with E-state index in [1.807, 2.05) is 6.92 Å². The third-order valence-electron chi connectivity index (χ3n) is 3.57. The number of hydrogen-bond acceptors (Lipinski definition) is 4. The van der Waals surface area contributed by atoms with Crippen LogP contribution < -0.4 is 4.72 Å². The highest BCUT2D eigenvalue weighted by atomic mass is 32.2. The molecule has 0 saturated carbocycles. The minimum Gasteiger partial charge on any atom is -0.598 e. The summed E-state index contributed by atoms with van der Waals surface area (Å²) in [5, 5.41) is 0. The lowest BCUT2D eigenvalue weighted by molar-refractivity contribution is -0.183. The van der Waals surface area contributed by atoms with Crippen LogP contribution in [0.2, 0.25) is 0 Å². The molecule has 0 radical (unpaired) electrons. The molecule has 8 heteroatoms. The van der Waals surface area contributed by atoms with E-state index in [2.05, 4.69) is 9.46 Å². The summed E-state index contributed by atoms with van der Waals surface area (Å²) in [4.78, 5) is 11.8. The summed E-state index contributed by atoms with van der Waals surface area (Å²) >= 11 is -1.87. The van der Waals surface area contributed by atoms with E-state index in [1.54, 1.807) is 0 Å². The van der Waals surface area contributed by atoms with Crippen molar-refractivity contribution in [1.29, 1.82) is 0 Å². The molecule has 1 rings (SSSR count). The molecule has 2 unspecified atom stereocenters. The molecular formula is C16H22F3NO3S. The first-order valence-electron chi connectivity index (χ1n) is 7.66. The van der Waals surface area contributed by atoms with Gasteiger partial charge in [-0.2, -0.15) is 8.78 Å². The second-order valence-corrected chi connectivity index (χ2v) is 6.71. The highest BCUT2D eigenvalue weighted by molar-refractivity contribution is 7.89. The van der Waals surface area contributed by atoms with Crippen LogP contribution in [0.5, 0.6) is 0 Å². The third kappa shape index (κ3) is 4.43. The normalized spacial score (nSPS) is 15.6. The van der Waals surface area contributed by atoms with Crippen molar-refractivity contribution in [2.75, 3.05) is 12.4 Å². The summed E-state index contributed by atoms with van der Waals surface area (Å²) in [6, 6.07) is 4.85. The summed E-state index contributed by atoms with van der Waals surface area (Å²) < 4.78 is 62.5. The molecule has 136 valence electrons. The van der Waals surface area contributed by atoms with E-state index in [0.29, 0.717) is 6.42 Å². The maximum Gasteiger partial charge on any atom is 0.379 e. The molecule has 24 heavy (non-hydrogen) atoms. The molecule has 0 bridgehead atoms. The van der Waals surface area contributed by atoms with Gasteiger partial charge in [0.2, 0.25) is 0 Å². The monoisotopic (exact) mass is 365 g/mol. The van der Waals surface area contributed by atoms with Crippen LogP contribution in [0.4, 0.5) is 13.2 Å². The summed E-state index contributed by atoms with van der Waals surface area (Å²) in [6.07, 6.45) is 1.26. The van der Waals surface area contributed by atoms with Gasteiger partial charge in [-0.25, -0.2) is 9.18 Å². The number of nitrogens with one attached hydrogen (secondary N) is 1. The minimum atomic E-state index is -4.12. The zero-order chi connectivity index (χ0) is 18.4. The summed E-state index contributed by atoms with van der Waals surface area (Å²) in [5.74, 6) is -6.73. The molecule has 1 N–H and O–H groups in total. The van der Waals surface area contributed by atoms with Crippen molar-refractivity contribution in [2.45, 2.75) is 45.1 Å². The topological polar surface area (TPSA) is 61.4 Å². The molecule has 0 saturated heterocycles. The second kappa shape index (κ2) is 8.73. The summed E-state index contributed by atoms with van der Waals surface area (Å²) in [7, 11) is 0. The molecule has 0 heterocycles. The number of benzene rings is 1. The van der Waals surface area contributed by atoms with Gasteiger partial charge < -0.3 is 9.29 Å². The number of rotatable bonds is 9. The van der Waals surface area contributed by atoms with Gasteiger partial charge in [0.25, 0.3) is 0 Å². The number of ether oxygens (including phenoxy) is 1. The number of carbonyl (C=O) groups excluding carboxylic acids is 1. The van der Waals surface area contributed by atoms with Gasteiger partial charge in [-0.1, -0.05) is 31.5 Å². The van der Waals surface area contributed by atoms with Crippen LogP contribution in [0, 0.1) is 5.82 Å². The molecule has 4 nitrogen and oxygen atoms in total. The van der Waals surface area contributed by atoms with E-state index in [4.69, 9.17) is 0 Å². The van der Waals surface area contributed by atoms with Gasteiger partial charge in [-0.05, 0) is 26.3 Å². The molecule has 0 aliphatic rings. The van der Waals surface area contributed by atoms with Crippen molar-refractivity contribution in [3.8, 4) is 0 Å². The lowest BCUT2D eigenvalue weighted by Gasteiger charge is -2.36. The number of esters is 1. The van der Waals surface area contributed by atoms with E-state index in [1.165, 1.54) is 19.1 Å². The number of unbranched alkanes of at least 4 members (excludes halogenated alkanes) is 1. The van der Waals surface area contributed by atoms with Crippen molar-refractivity contribution < 1.29 is 27.3 Å². The Balaban J connectivity index is 3.30. The highest BCUT2D eigenvalue weighted by Gasteiger charge is 2.61. The third-order valence-corrected chi connectivity index (χ3v) is 4.87. The van der Waals surface area contributed by atoms with E-state index in [-0.39, 0.29) is 12.4 Å². The Morgan fingerprint density at radius 3 is 2.50 bits per heavy atom. The Hall–Kier alpha value is -1.25. The number of hydrogen-bond donors (Lipinski definition) is 1. The summed E-state index contributed by atoms with van der Waals surface area (Å²) in [6.45, 7) is 3.95. The van der Waals surface area contributed by atoms with Gasteiger partial charge in [0.05, 0.1) is 6.61 Å². The SMILES string of the molecule is CCCC[S+]([O-])NC(C)(c1ccccc1F)C(F)(F)C(=O)OCC. The zero-order valence-corrected chi connectivity index (χ0v) is 14.7. The highest BCUT2D eigenvalue weighted by Crippen LogP contribution is 2.40. The van der Waals surface area contributed by atoms with Crippen LogP contribution in [-0.4, -0.2) is 28.8 Å². The molecule has 0 amide bonds. The molecule has 2 atom stereocenters. The fourth-order valence-corrected chi connectivity index (χ4v) is 3.48. The average molecular weight is 365 g/mol. The van der Waals surface area contributed by atoms with E-state index in [0.717, 1.165) is 25.5 Å². The van der Waals surface area contributed by atoms with Crippen molar-refractivity contribution in [3.05, 3.63) is 35.6 Å². The van der Waals surface area contributed by atoms with Crippen LogP contribution in [0.3, 0.4) is 0 Å². The van der Waals surface area contributed by atoms with Gasteiger partial charge >= 0.3 is 11.9 Å². The van der Waals surface area contributed by atoms with Crippen LogP contribution in [0.15, 0.2) is 24.3 Å². The van der Waals surface area contributed by atoms with Gasteiger partial charge in [0, 0.05) is 16.9 Å². The first-order chi connectivity index (χ1) is 11.2. The van der Waals surface area contributed by atoms with Crippen molar-refractivity contribution in [3.63, 3.8) is 0 Å². The molecule has 1 aromatic rings. The van der Waals surface area contributed by atoms with E-state index in [9.17, 15) is 22.5 Å². The lowest BCUT2D eigenvalue weighted by Crippen LogP contribution is -2.60. The lowest BCUT2D eigenvalue weighted by atomic mass is 9.86. The Kier molecular flexibility index (Phi) is 7.56. The maximum absolute atomic E-state index is 14.8. The molecule has 0 aliphatic heterocycles. The van der Waals surface area contributed by atoms with E-state index >= 15 is 0 Å². The number of carbonyl (C=O) groups is 1. The Labute approximate surface area is 143 Å². The van der Waals surface area contributed by atoms with Crippen molar-refractivity contribution in [1.82, 2.24) is 4.72 Å². The Morgan fingerprint density at radius 1 is 1.33 bits per heavy atom. The average Bonchev–Trinajstić information content (AvgIpc) is 2.53. The van der Waals surface area contributed by atoms with Crippen LogP contribution in [-0.2, 0) is 26.4 Å². The molecule has 1 aromatic carbocycles. The van der Waals surface area contributed by atoms with Gasteiger partial charge in [-0.15, -0.1) is 4.72 Å². The molecule has 0 spiro atoms. The van der Waals surface area contributed by atoms with Crippen molar-refractivity contribution in [2.24, 2.45) is 0 Å². The predicted molar refractivity (Wildman–Crippen MR) is 86.4 cm³/mol. The zero-order valence-electron chi connectivity index (χ0n) is 13.9. The maximum atomic E-state index is 14.8. The standard InChI is InChI=1S/C16H22F3NO3S/c1-4-6-11-24(22)20-15(3,12-9-7-8-10-13(12)17)16(18,19)14(21)23-5-2/h7-10,20H,4-6,11H2,1-3H3.